The quantitative estimate of drug-likeness (QED) is 0.620. The summed E-state index contributed by atoms with van der Waals surface area (Å²) in [7, 11) is 0. The van der Waals surface area contributed by atoms with Crippen LogP contribution in [0.5, 0.6) is 0 Å². The van der Waals surface area contributed by atoms with Gasteiger partial charge in [0, 0.05) is 33.7 Å². The highest BCUT2D eigenvalue weighted by Gasteiger charge is 2.25. The fourth-order valence-electron chi connectivity index (χ4n) is 4.07. The molecule has 1 aliphatic heterocycles. The summed E-state index contributed by atoms with van der Waals surface area (Å²) in [6.07, 6.45) is 3.69. The van der Waals surface area contributed by atoms with Gasteiger partial charge in [0.2, 0.25) is 0 Å². The van der Waals surface area contributed by atoms with Crippen molar-refractivity contribution in [3.05, 3.63) is 69.8 Å². The van der Waals surface area contributed by atoms with Crippen molar-refractivity contribution in [2.24, 2.45) is 0 Å². The molecule has 24 heavy (non-hydrogen) atoms. The third kappa shape index (κ3) is 3.03. The van der Waals surface area contributed by atoms with Crippen molar-refractivity contribution in [1.82, 2.24) is 9.88 Å². The lowest BCUT2D eigenvalue weighted by atomic mass is 10.0. The molecule has 0 unspecified atom stereocenters. The molecular formula is C21H23BrN2. The lowest BCUT2D eigenvalue weighted by Crippen LogP contribution is -2.25. The number of nitrogens with zero attached hydrogens (tertiary/aromatic N) is 1. The van der Waals surface area contributed by atoms with Crippen molar-refractivity contribution in [3.63, 3.8) is 0 Å². The van der Waals surface area contributed by atoms with Gasteiger partial charge in [-0.2, -0.15) is 0 Å². The second-order valence-electron chi connectivity index (χ2n) is 6.77. The van der Waals surface area contributed by atoms with Gasteiger partial charge < -0.3 is 4.98 Å². The molecule has 0 spiro atoms. The van der Waals surface area contributed by atoms with Crippen LogP contribution in [0.1, 0.15) is 35.7 Å². The van der Waals surface area contributed by atoms with E-state index in [1.54, 1.807) is 0 Å². The van der Waals surface area contributed by atoms with Gasteiger partial charge in [0.1, 0.15) is 0 Å². The number of hydrogen-bond acceptors (Lipinski definition) is 1. The van der Waals surface area contributed by atoms with E-state index < -0.39 is 0 Å². The molecular weight excluding hydrogens is 360 g/mol. The van der Waals surface area contributed by atoms with Crippen LogP contribution in [-0.4, -0.2) is 23.0 Å². The SMILES string of the molecule is Cc1[nH]c2ccccc2c1CCN1CCC[C@H]1c1ccc(Br)cc1. The number of aryl methyl sites for hydroxylation is 1. The van der Waals surface area contributed by atoms with E-state index in [0.29, 0.717) is 6.04 Å². The monoisotopic (exact) mass is 382 g/mol. The molecule has 1 aromatic heterocycles. The summed E-state index contributed by atoms with van der Waals surface area (Å²) in [5.41, 5.74) is 5.50. The van der Waals surface area contributed by atoms with Crippen LogP contribution in [0.25, 0.3) is 10.9 Å². The summed E-state index contributed by atoms with van der Waals surface area (Å²) in [5, 5.41) is 1.38. The number of nitrogens with one attached hydrogen (secondary N) is 1. The highest BCUT2D eigenvalue weighted by molar-refractivity contribution is 9.10. The molecule has 1 aliphatic rings. The van der Waals surface area contributed by atoms with Crippen molar-refractivity contribution in [1.29, 1.82) is 0 Å². The van der Waals surface area contributed by atoms with Crippen molar-refractivity contribution < 1.29 is 0 Å². The molecule has 0 aliphatic carbocycles. The van der Waals surface area contributed by atoms with Gasteiger partial charge in [0.25, 0.3) is 0 Å². The lowest BCUT2D eigenvalue weighted by Gasteiger charge is -2.25. The summed E-state index contributed by atoms with van der Waals surface area (Å²) in [6.45, 7) is 4.54. The van der Waals surface area contributed by atoms with E-state index in [1.807, 2.05) is 0 Å². The van der Waals surface area contributed by atoms with Crippen LogP contribution in [0.2, 0.25) is 0 Å². The number of likely N-dealkylation sites (tertiary alicyclic amines) is 1. The highest BCUT2D eigenvalue weighted by Crippen LogP contribution is 2.33. The van der Waals surface area contributed by atoms with Crippen LogP contribution < -0.4 is 0 Å². The van der Waals surface area contributed by atoms with E-state index >= 15 is 0 Å². The number of H-pyrrole nitrogens is 1. The molecule has 2 aromatic carbocycles. The molecule has 0 amide bonds. The summed E-state index contributed by atoms with van der Waals surface area (Å²) in [5.74, 6) is 0. The molecule has 124 valence electrons. The number of aromatic amines is 1. The van der Waals surface area contributed by atoms with E-state index in [0.717, 1.165) is 17.4 Å². The largest absolute Gasteiger partial charge is 0.358 e. The predicted octanol–water partition coefficient (Wildman–Crippen LogP) is 5.62. The maximum Gasteiger partial charge on any atom is 0.0458 e. The Morgan fingerprint density at radius 1 is 1.12 bits per heavy atom. The van der Waals surface area contributed by atoms with E-state index in [2.05, 4.69) is 81.3 Å². The normalized spacial score (nSPS) is 18.5. The Hall–Kier alpha value is -1.58. The third-order valence-electron chi connectivity index (χ3n) is 5.29. The van der Waals surface area contributed by atoms with Gasteiger partial charge in [-0.1, -0.05) is 46.3 Å². The Kier molecular flexibility index (Phi) is 4.47. The van der Waals surface area contributed by atoms with Crippen molar-refractivity contribution >= 4 is 26.8 Å². The summed E-state index contributed by atoms with van der Waals surface area (Å²) < 4.78 is 1.16. The van der Waals surface area contributed by atoms with Crippen LogP contribution >= 0.6 is 15.9 Å². The van der Waals surface area contributed by atoms with Gasteiger partial charge in [-0.15, -0.1) is 0 Å². The highest BCUT2D eigenvalue weighted by atomic mass is 79.9. The van der Waals surface area contributed by atoms with Gasteiger partial charge in [-0.3, -0.25) is 4.90 Å². The van der Waals surface area contributed by atoms with Crippen molar-refractivity contribution in [3.8, 4) is 0 Å². The molecule has 4 rings (SSSR count). The number of rotatable bonds is 4. The van der Waals surface area contributed by atoms with Crippen molar-refractivity contribution in [2.75, 3.05) is 13.1 Å². The van der Waals surface area contributed by atoms with Crippen LogP contribution in [0.4, 0.5) is 0 Å². The summed E-state index contributed by atoms with van der Waals surface area (Å²) in [6, 6.07) is 18.1. The molecule has 3 heteroatoms. The molecule has 1 atom stereocenters. The molecule has 3 aromatic rings. The molecule has 0 saturated carbocycles. The molecule has 1 N–H and O–H groups in total. The maximum absolute atomic E-state index is 3.54. The Morgan fingerprint density at radius 3 is 2.75 bits per heavy atom. The zero-order valence-corrected chi connectivity index (χ0v) is 15.6. The zero-order chi connectivity index (χ0) is 16.5. The average molecular weight is 383 g/mol. The second kappa shape index (κ2) is 6.73. The number of para-hydroxylation sites is 1. The Labute approximate surface area is 152 Å². The Bertz CT molecular complexity index is 835. The molecule has 2 nitrogen and oxygen atoms in total. The lowest BCUT2D eigenvalue weighted by molar-refractivity contribution is 0.260. The summed E-state index contributed by atoms with van der Waals surface area (Å²) >= 11 is 3.54. The minimum Gasteiger partial charge on any atom is -0.358 e. The van der Waals surface area contributed by atoms with E-state index in [9.17, 15) is 0 Å². The van der Waals surface area contributed by atoms with E-state index in [4.69, 9.17) is 0 Å². The predicted molar refractivity (Wildman–Crippen MR) is 104 cm³/mol. The topological polar surface area (TPSA) is 19.0 Å². The van der Waals surface area contributed by atoms with Crippen LogP contribution in [0, 0.1) is 6.92 Å². The molecule has 2 heterocycles. The minimum atomic E-state index is 0.573. The smallest absolute Gasteiger partial charge is 0.0458 e. The minimum absolute atomic E-state index is 0.573. The molecule has 0 bridgehead atoms. The first-order chi connectivity index (χ1) is 11.7. The summed E-state index contributed by atoms with van der Waals surface area (Å²) in [4.78, 5) is 6.19. The number of hydrogen-bond donors (Lipinski definition) is 1. The van der Waals surface area contributed by atoms with Crippen LogP contribution in [0.15, 0.2) is 53.0 Å². The fourth-order valence-corrected chi connectivity index (χ4v) is 4.33. The third-order valence-corrected chi connectivity index (χ3v) is 5.82. The Balaban J connectivity index is 1.52. The maximum atomic E-state index is 3.54. The number of halogens is 1. The fraction of sp³-hybridized carbons (Fsp3) is 0.333. The van der Waals surface area contributed by atoms with Crippen LogP contribution in [-0.2, 0) is 6.42 Å². The van der Waals surface area contributed by atoms with Gasteiger partial charge in [0.15, 0.2) is 0 Å². The molecule has 1 saturated heterocycles. The molecule has 0 radical (unpaired) electrons. The van der Waals surface area contributed by atoms with Crippen molar-refractivity contribution in [2.45, 2.75) is 32.2 Å². The van der Waals surface area contributed by atoms with Gasteiger partial charge in [-0.25, -0.2) is 0 Å². The standard InChI is InChI=1S/C21H23BrN2/c1-15-18(19-5-2-3-6-20(19)23-15)12-14-24-13-4-7-21(24)16-8-10-17(22)11-9-16/h2-3,5-6,8-11,21,23H,4,7,12-14H2,1H3/t21-/m0/s1. The number of fused-ring (bicyclic) bond motifs is 1. The first kappa shape index (κ1) is 15.9. The molecule has 1 fully saturated rings. The number of benzene rings is 2. The second-order valence-corrected chi connectivity index (χ2v) is 7.69. The zero-order valence-electron chi connectivity index (χ0n) is 14.1. The van der Waals surface area contributed by atoms with E-state index in [-0.39, 0.29) is 0 Å². The van der Waals surface area contributed by atoms with Crippen LogP contribution in [0.3, 0.4) is 0 Å². The average Bonchev–Trinajstić information content (AvgIpc) is 3.17. The van der Waals surface area contributed by atoms with Gasteiger partial charge in [-0.05, 0) is 62.1 Å². The van der Waals surface area contributed by atoms with Gasteiger partial charge >= 0.3 is 0 Å². The van der Waals surface area contributed by atoms with Gasteiger partial charge in [0.05, 0.1) is 0 Å². The Morgan fingerprint density at radius 2 is 1.92 bits per heavy atom. The number of aromatic nitrogens is 1. The first-order valence-electron chi connectivity index (χ1n) is 8.78. The first-order valence-corrected chi connectivity index (χ1v) is 9.57. The van der Waals surface area contributed by atoms with E-state index in [1.165, 1.54) is 47.1 Å².